The number of carbonyl (C=O) groups excluding carboxylic acids is 1. The minimum absolute atomic E-state index is 0.0266. The van der Waals surface area contributed by atoms with Crippen LogP contribution in [-0.2, 0) is 9.53 Å². The maximum atomic E-state index is 12.1. The minimum atomic E-state index is -1.03. The number of ether oxygens (including phenoxy) is 1. The molecule has 110 valence electrons. The summed E-state index contributed by atoms with van der Waals surface area (Å²) in [5, 5.41) is 11.7. The normalized spacial score (nSPS) is 19.8. The molecule has 0 radical (unpaired) electrons. The number of hydrogen-bond acceptors (Lipinski definition) is 3. The Bertz CT molecular complexity index is 352. The Kier molecular flexibility index (Phi) is 4.45. The zero-order valence-corrected chi connectivity index (χ0v) is 12.3. The fraction of sp³-hybridized carbons (Fsp3) is 0.846. The van der Waals surface area contributed by atoms with Crippen molar-refractivity contribution in [2.45, 2.75) is 33.7 Å². The molecule has 1 aliphatic carbocycles. The van der Waals surface area contributed by atoms with E-state index in [1.165, 1.54) is 12.0 Å². The van der Waals surface area contributed by atoms with Crippen molar-refractivity contribution in [2.75, 3.05) is 26.8 Å². The van der Waals surface area contributed by atoms with Crippen molar-refractivity contribution in [3.8, 4) is 0 Å². The van der Waals surface area contributed by atoms with Gasteiger partial charge < -0.3 is 20.1 Å². The van der Waals surface area contributed by atoms with Crippen molar-refractivity contribution in [3.63, 3.8) is 0 Å². The summed E-state index contributed by atoms with van der Waals surface area (Å²) in [5.41, 5.74) is 0.0532. The quantitative estimate of drug-likeness (QED) is 0.760. The first kappa shape index (κ1) is 15.8. The fourth-order valence-electron chi connectivity index (χ4n) is 2.39. The zero-order chi connectivity index (χ0) is 14.8. The van der Waals surface area contributed by atoms with Crippen LogP contribution in [0.3, 0.4) is 0 Å². The molecule has 1 fully saturated rings. The topological polar surface area (TPSA) is 78.9 Å². The van der Waals surface area contributed by atoms with Crippen LogP contribution in [0.1, 0.15) is 27.7 Å². The van der Waals surface area contributed by atoms with Crippen molar-refractivity contribution in [3.05, 3.63) is 0 Å². The van der Waals surface area contributed by atoms with Gasteiger partial charge in [-0.25, -0.2) is 4.79 Å². The Balaban J connectivity index is 2.60. The monoisotopic (exact) mass is 272 g/mol. The van der Waals surface area contributed by atoms with E-state index in [4.69, 9.17) is 9.84 Å². The highest BCUT2D eigenvalue weighted by atomic mass is 16.5. The molecule has 0 aromatic rings. The van der Waals surface area contributed by atoms with Gasteiger partial charge in [-0.15, -0.1) is 0 Å². The lowest BCUT2D eigenvalue weighted by Gasteiger charge is -2.21. The van der Waals surface area contributed by atoms with Gasteiger partial charge in [0.25, 0.3) is 0 Å². The van der Waals surface area contributed by atoms with Gasteiger partial charge in [-0.1, -0.05) is 27.7 Å². The van der Waals surface area contributed by atoms with Crippen LogP contribution >= 0.6 is 0 Å². The molecule has 0 aromatic heterocycles. The van der Waals surface area contributed by atoms with Crippen LogP contribution in [0.5, 0.6) is 0 Å². The Labute approximate surface area is 114 Å². The summed E-state index contributed by atoms with van der Waals surface area (Å²) in [6, 6.07) is -0.283. The summed E-state index contributed by atoms with van der Waals surface area (Å²) in [6.45, 7) is 8.63. The van der Waals surface area contributed by atoms with Crippen molar-refractivity contribution in [1.82, 2.24) is 10.2 Å². The molecule has 0 unspecified atom stereocenters. The molecule has 0 spiro atoms. The van der Waals surface area contributed by atoms with E-state index < -0.39 is 5.97 Å². The van der Waals surface area contributed by atoms with Gasteiger partial charge in [-0.3, -0.25) is 4.79 Å². The van der Waals surface area contributed by atoms with E-state index in [9.17, 15) is 9.59 Å². The zero-order valence-electron chi connectivity index (χ0n) is 12.3. The number of aliphatic carboxylic acids is 1. The lowest BCUT2D eigenvalue weighted by molar-refractivity contribution is -0.137. The van der Waals surface area contributed by atoms with E-state index in [0.29, 0.717) is 6.61 Å². The summed E-state index contributed by atoms with van der Waals surface area (Å²) >= 11 is 0. The van der Waals surface area contributed by atoms with E-state index in [2.05, 4.69) is 33.0 Å². The number of carboxylic acids is 1. The minimum Gasteiger partial charge on any atom is -0.480 e. The van der Waals surface area contributed by atoms with E-state index in [0.717, 1.165) is 0 Å². The van der Waals surface area contributed by atoms with Crippen molar-refractivity contribution in [1.29, 1.82) is 0 Å². The molecule has 19 heavy (non-hydrogen) atoms. The van der Waals surface area contributed by atoms with Gasteiger partial charge in [0, 0.05) is 19.7 Å². The van der Waals surface area contributed by atoms with Crippen LogP contribution in [0.15, 0.2) is 0 Å². The molecular formula is C13H24N2O4. The molecular weight excluding hydrogens is 248 g/mol. The van der Waals surface area contributed by atoms with Crippen molar-refractivity contribution >= 4 is 12.0 Å². The first-order valence-electron chi connectivity index (χ1n) is 6.40. The molecule has 0 heterocycles. The van der Waals surface area contributed by atoms with Gasteiger partial charge in [-0.05, 0) is 10.8 Å². The van der Waals surface area contributed by atoms with Gasteiger partial charge >= 0.3 is 12.0 Å². The molecule has 1 aliphatic rings. The van der Waals surface area contributed by atoms with Crippen molar-refractivity contribution < 1.29 is 19.4 Å². The predicted octanol–water partition coefficient (Wildman–Crippen LogP) is 1.16. The molecule has 6 heteroatoms. The van der Waals surface area contributed by atoms with Crippen LogP contribution in [0, 0.1) is 10.8 Å². The second-order valence-corrected chi connectivity index (χ2v) is 6.13. The third kappa shape index (κ3) is 3.18. The molecule has 1 saturated carbocycles. The summed E-state index contributed by atoms with van der Waals surface area (Å²) in [4.78, 5) is 24.1. The highest BCUT2D eigenvalue weighted by Gasteiger charge is 2.65. The van der Waals surface area contributed by atoms with Crippen LogP contribution in [0.25, 0.3) is 0 Å². The summed E-state index contributed by atoms with van der Waals surface area (Å²) in [5.74, 6) is -1.03. The standard InChI is InChI=1S/C13H24N2O4/c1-12(2)10(13(12,3)4)14-11(18)15(6-7-19-5)8-9(16)17/h10H,6-8H2,1-5H3,(H,14,18)(H,16,17). The number of carboxylic acid groups (broad SMARTS) is 1. The van der Waals surface area contributed by atoms with Crippen LogP contribution in [0.2, 0.25) is 0 Å². The van der Waals surface area contributed by atoms with Gasteiger partial charge in [0.15, 0.2) is 0 Å². The third-order valence-corrected chi connectivity index (χ3v) is 4.47. The second-order valence-electron chi connectivity index (χ2n) is 6.13. The van der Waals surface area contributed by atoms with Crippen molar-refractivity contribution in [2.24, 2.45) is 10.8 Å². The number of carbonyl (C=O) groups is 2. The number of methoxy groups -OCH3 is 1. The fourth-order valence-corrected chi connectivity index (χ4v) is 2.39. The van der Waals surface area contributed by atoms with E-state index in [1.54, 1.807) is 0 Å². The number of rotatable bonds is 6. The average Bonchev–Trinajstić information content (AvgIpc) is 2.66. The van der Waals surface area contributed by atoms with Gasteiger partial charge in [0.1, 0.15) is 6.54 Å². The lowest BCUT2D eigenvalue weighted by Crippen LogP contribution is -2.46. The summed E-state index contributed by atoms with van der Waals surface area (Å²) in [6.07, 6.45) is 0. The van der Waals surface area contributed by atoms with Crippen LogP contribution in [-0.4, -0.2) is 54.9 Å². The molecule has 2 amide bonds. The van der Waals surface area contributed by atoms with Crippen LogP contribution < -0.4 is 5.32 Å². The largest absolute Gasteiger partial charge is 0.480 e. The maximum absolute atomic E-state index is 12.1. The Morgan fingerprint density at radius 1 is 1.26 bits per heavy atom. The molecule has 0 saturated heterocycles. The van der Waals surface area contributed by atoms with E-state index in [1.807, 2.05) is 0 Å². The summed E-state index contributed by atoms with van der Waals surface area (Å²) < 4.78 is 4.89. The molecule has 6 nitrogen and oxygen atoms in total. The SMILES string of the molecule is COCCN(CC(=O)O)C(=O)NC1C(C)(C)C1(C)C. The number of nitrogens with zero attached hydrogens (tertiary/aromatic N) is 1. The molecule has 0 aliphatic heterocycles. The number of nitrogens with one attached hydrogen (secondary N) is 1. The van der Waals surface area contributed by atoms with Gasteiger partial charge in [-0.2, -0.15) is 0 Å². The number of urea groups is 1. The average molecular weight is 272 g/mol. The Hall–Kier alpha value is -1.30. The number of amides is 2. The van der Waals surface area contributed by atoms with Gasteiger partial charge in [0.05, 0.1) is 6.61 Å². The molecule has 1 rings (SSSR count). The molecule has 0 atom stereocenters. The highest BCUT2D eigenvalue weighted by Crippen LogP contribution is 2.62. The first-order valence-corrected chi connectivity index (χ1v) is 6.40. The highest BCUT2D eigenvalue weighted by molar-refractivity contribution is 5.80. The number of hydrogen-bond donors (Lipinski definition) is 2. The Morgan fingerprint density at radius 3 is 2.16 bits per heavy atom. The van der Waals surface area contributed by atoms with Crippen LogP contribution in [0.4, 0.5) is 4.79 Å². The maximum Gasteiger partial charge on any atom is 0.323 e. The van der Waals surface area contributed by atoms with E-state index in [-0.39, 0.29) is 36.0 Å². The first-order chi connectivity index (χ1) is 8.64. The third-order valence-electron chi connectivity index (χ3n) is 4.47. The lowest BCUT2D eigenvalue weighted by atomic mass is 10.0. The Morgan fingerprint density at radius 2 is 1.79 bits per heavy atom. The molecule has 2 N–H and O–H groups in total. The summed E-state index contributed by atoms with van der Waals surface area (Å²) in [7, 11) is 1.52. The molecule has 0 bridgehead atoms. The molecule has 0 aromatic carbocycles. The predicted molar refractivity (Wildman–Crippen MR) is 71.0 cm³/mol. The second kappa shape index (κ2) is 5.36. The van der Waals surface area contributed by atoms with E-state index >= 15 is 0 Å². The smallest absolute Gasteiger partial charge is 0.323 e. The van der Waals surface area contributed by atoms with Gasteiger partial charge in [0.2, 0.25) is 0 Å².